The lowest BCUT2D eigenvalue weighted by Crippen LogP contribution is -2.50. The summed E-state index contributed by atoms with van der Waals surface area (Å²) in [6, 6.07) is 13.3. The summed E-state index contributed by atoms with van der Waals surface area (Å²) in [6.45, 7) is 5.40. The number of imidazole rings is 1. The number of benzene rings is 2. The van der Waals surface area contributed by atoms with Crippen LogP contribution in [0.1, 0.15) is 23.6 Å². The lowest BCUT2D eigenvalue weighted by atomic mass is 10.1. The van der Waals surface area contributed by atoms with Gasteiger partial charge in [-0.25, -0.2) is 4.98 Å². The van der Waals surface area contributed by atoms with Crippen LogP contribution in [0.5, 0.6) is 0 Å². The Kier molecular flexibility index (Phi) is 6.28. The molecule has 2 aliphatic rings. The molecular weight excluding hydrogens is 450 g/mol. The molecule has 0 bridgehead atoms. The number of carbonyl (C=O) groups excluding carboxylic acids is 2. The minimum absolute atomic E-state index is 0.0120. The number of hydrogen-bond acceptors (Lipinski definition) is 4. The first-order chi connectivity index (χ1) is 16.5. The SMILES string of the molecule is Cc1ccc(Cl)cc1N1CCN(C(=O)CC(C(=O)N2CCc3ccccc32)n2ccnc2)CC1. The fraction of sp³-hybridized carbons (Fsp3) is 0.346. The lowest BCUT2D eigenvalue weighted by Gasteiger charge is -2.37. The molecule has 1 fully saturated rings. The van der Waals surface area contributed by atoms with Gasteiger partial charge in [0, 0.05) is 61.5 Å². The summed E-state index contributed by atoms with van der Waals surface area (Å²) >= 11 is 6.20. The number of nitrogens with zero attached hydrogens (tertiary/aromatic N) is 5. The van der Waals surface area contributed by atoms with Crippen molar-refractivity contribution < 1.29 is 9.59 Å². The second kappa shape index (κ2) is 9.50. The third-order valence-electron chi connectivity index (χ3n) is 6.84. The van der Waals surface area contributed by atoms with Crippen LogP contribution in [0, 0.1) is 6.92 Å². The van der Waals surface area contributed by atoms with E-state index in [1.807, 2.05) is 46.2 Å². The van der Waals surface area contributed by atoms with Crippen molar-refractivity contribution in [3.63, 3.8) is 0 Å². The molecule has 0 spiro atoms. The largest absolute Gasteiger partial charge is 0.368 e. The molecule has 1 unspecified atom stereocenters. The molecule has 2 aromatic carbocycles. The van der Waals surface area contributed by atoms with Crippen LogP contribution in [0.2, 0.25) is 5.02 Å². The number of carbonyl (C=O) groups is 2. The highest BCUT2D eigenvalue weighted by atomic mass is 35.5. The summed E-state index contributed by atoms with van der Waals surface area (Å²) in [6.07, 6.45) is 5.98. The molecule has 2 aliphatic heterocycles. The topological polar surface area (TPSA) is 61.7 Å². The van der Waals surface area contributed by atoms with Crippen LogP contribution in [0.15, 0.2) is 61.2 Å². The molecule has 5 rings (SSSR count). The van der Waals surface area contributed by atoms with E-state index in [0.717, 1.165) is 30.9 Å². The monoisotopic (exact) mass is 477 g/mol. The van der Waals surface area contributed by atoms with Crippen LogP contribution in [0.3, 0.4) is 0 Å². The van der Waals surface area contributed by atoms with Gasteiger partial charge in [-0.1, -0.05) is 35.9 Å². The number of halogens is 1. The molecular formula is C26H28ClN5O2. The van der Waals surface area contributed by atoms with Crippen LogP contribution >= 0.6 is 11.6 Å². The predicted molar refractivity (Wildman–Crippen MR) is 133 cm³/mol. The number of para-hydroxylation sites is 1. The van der Waals surface area contributed by atoms with Gasteiger partial charge in [-0.05, 0) is 42.7 Å². The second-order valence-electron chi connectivity index (χ2n) is 8.90. The fourth-order valence-corrected chi connectivity index (χ4v) is 5.10. The van der Waals surface area contributed by atoms with Crippen molar-refractivity contribution in [1.82, 2.24) is 14.5 Å². The third kappa shape index (κ3) is 4.40. The molecule has 176 valence electrons. The van der Waals surface area contributed by atoms with Crippen LogP contribution < -0.4 is 9.80 Å². The Morgan fingerprint density at radius 2 is 1.82 bits per heavy atom. The average molecular weight is 478 g/mol. The van der Waals surface area contributed by atoms with E-state index in [-0.39, 0.29) is 18.2 Å². The first kappa shape index (κ1) is 22.5. The summed E-state index contributed by atoms with van der Waals surface area (Å²) in [5, 5.41) is 0.712. The number of fused-ring (bicyclic) bond motifs is 1. The molecule has 1 aromatic heterocycles. The molecule has 1 saturated heterocycles. The van der Waals surface area contributed by atoms with Gasteiger partial charge in [0.15, 0.2) is 0 Å². The van der Waals surface area contributed by atoms with E-state index in [1.54, 1.807) is 23.3 Å². The molecule has 0 aliphatic carbocycles. The first-order valence-corrected chi connectivity index (χ1v) is 12.0. The van der Waals surface area contributed by atoms with Crippen molar-refractivity contribution >= 4 is 34.8 Å². The van der Waals surface area contributed by atoms with Gasteiger partial charge in [0.1, 0.15) is 6.04 Å². The maximum atomic E-state index is 13.6. The lowest BCUT2D eigenvalue weighted by molar-refractivity contribution is -0.135. The molecule has 2 amide bonds. The predicted octanol–water partition coefficient (Wildman–Crippen LogP) is 3.71. The zero-order chi connectivity index (χ0) is 23.7. The summed E-state index contributed by atoms with van der Waals surface area (Å²) in [7, 11) is 0. The molecule has 8 heteroatoms. The number of anilines is 2. The van der Waals surface area contributed by atoms with Gasteiger partial charge < -0.3 is 19.3 Å². The summed E-state index contributed by atoms with van der Waals surface area (Å²) in [5.41, 5.74) is 4.38. The summed E-state index contributed by atoms with van der Waals surface area (Å²) in [5.74, 6) is -0.0773. The molecule has 7 nitrogen and oxygen atoms in total. The number of rotatable bonds is 5. The van der Waals surface area contributed by atoms with Gasteiger partial charge >= 0.3 is 0 Å². The smallest absolute Gasteiger partial charge is 0.250 e. The molecule has 1 atom stereocenters. The number of aryl methyl sites for hydroxylation is 1. The average Bonchev–Trinajstić information content (AvgIpc) is 3.54. The van der Waals surface area contributed by atoms with E-state index in [2.05, 4.69) is 22.9 Å². The Hall–Kier alpha value is -3.32. The Morgan fingerprint density at radius 3 is 2.59 bits per heavy atom. The van der Waals surface area contributed by atoms with Crippen LogP contribution in [-0.4, -0.2) is 59.0 Å². The Morgan fingerprint density at radius 1 is 1.03 bits per heavy atom. The third-order valence-corrected chi connectivity index (χ3v) is 7.07. The van der Waals surface area contributed by atoms with Gasteiger partial charge in [0.25, 0.3) is 5.91 Å². The Bertz CT molecular complexity index is 1190. The minimum Gasteiger partial charge on any atom is -0.368 e. The quantitative estimate of drug-likeness (QED) is 0.562. The highest BCUT2D eigenvalue weighted by molar-refractivity contribution is 6.30. The highest BCUT2D eigenvalue weighted by Crippen LogP contribution is 2.31. The van der Waals surface area contributed by atoms with Gasteiger partial charge in [-0.2, -0.15) is 0 Å². The zero-order valence-electron chi connectivity index (χ0n) is 19.2. The van der Waals surface area contributed by atoms with Crippen molar-refractivity contribution in [2.75, 3.05) is 42.5 Å². The van der Waals surface area contributed by atoms with Crippen LogP contribution in [0.25, 0.3) is 0 Å². The van der Waals surface area contributed by atoms with E-state index < -0.39 is 6.04 Å². The van der Waals surface area contributed by atoms with Crippen LogP contribution in [0.4, 0.5) is 11.4 Å². The van der Waals surface area contributed by atoms with Crippen molar-refractivity contribution in [3.05, 3.63) is 77.3 Å². The standard InChI is InChI=1S/C26H28ClN5O2/c1-19-6-7-21(27)16-23(19)29-12-14-30(15-13-29)25(33)17-24(31-11-9-28-18-31)26(34)32-10-8-20-4-2-3-5-22(20)32/h2-7,9,11,16,18,24H,8,10,12-15,17H2,1H3. The molecule has 0 radical (unpaired) electrons. The van der Waals surface area contributed by atoms with Gasteiger partial charge in [0.05, 0.1) is 12.7 Å². The van der Waals surface area contributed by atoms with Gasteiger partial charge in [-0.3, -0.25) is 9.59 Å². The van der Waals surface area contributed by atoms with Crippen molar-refractivity contribution in [2.24, 2.45) is 0 Å². The maximum absolute atomic E-state index is 13.6. The molecule has 0 N–H and O–H groups in total. The number of amides is 2. The number of hydrogen-bond donors (Lipinski definition) is 0. The normalized spacial score (nSPS) is 16.5. The van der Waals surface area contributed by atoms with Gasteiger partial charge in [-0.15, -0.1) is 0 Å². The zero-order valence-corrected chi connectivity index (χ0v) is 20.0. The Labute approximate surface area is 204 Å². The van der Waals surface area contributed by atoms with E-state index in [4.69, 9.17) is 11.6 Å². The van der Waals surface area contributed by atoms with Crippen molar-refractivity contribution in [2.45, 2.75) is 25.8 Å². The fourth-order valence-electron chi connectivity index (χ4n) is 4.94. The molecule has 3 heterocycles. The van der Waals surface area contributed by atoms with E-state index in [9.17, 15) is 9.59 Å². The molecule has 0 saturated carbocycles. The first-order valence-electron chi connectivity index (χ1n) is 11.7. The number of piperazine rings is 1. The van der Waals surface area contributed by atoms with E-state index in [0.29, 0.717) is 24.7 Å². The minimum atomic E-state index is -0.616. The van der Waals surface area contributed by atoms with Crippen molar-refractivity contribution in [3.8, 4) is 0 Å². The molecule has 34 heavy (non-hydrogen) atoms. The molecule has 3 aromatic rings. The Balaban J connectivity index is 1.28. The second-order valence-corrected chi connectivity index (χ2v) is 9.33. The van der Waals surface area contributed by atoms with E-state index in [1.165, 1.54) is 11.1 Å². The maximum Gasteiger partial charge on any atom is 0.250 e. The number of aromatic nitrogens is 2. The summed E-state index contributed by atoms with van der Waals surface area (Å²) < 4.78 is 1.76. The van der Waals surface area contributed by atoms with Crippen molar-refractivity contribution in [1.29, 1.82) is 0 Å². The van der Waals surface area contributed by atoms with Gasteiger partial charge in [0.2, 0.25) is 5.91 Å². The van der Waals surface area contributed by atoms with Crippen LogP contribution in [-0.2, 0) is 16.0 Å². The highest BCUT2D eigenvalue weighted by Gasteiger charge is 2.34. The van der Waals surface area contributed by atoms with E-state index >= 15 is 0 Å². The summed E-state index contributed by atoms with van der Waals surface area (Å²) in [4.78, 5) is 37.0.